The molecule has 0 saturated heterocycles. The Morgan fingerprint density at radius 2 is 2.21 bits per heavy atom. The van der Waals surface area contributed by atoms with Gasteiger partial charge in [0.05, 0.1) is 12.8 Å². The van der Waals surface area contributed by atoms with Crippen molar-refractivity contribution in [1.29, 1.82) is 0 Å². The summed E-state index contributed by atoms with van der Waals surface area (Å²) in [5, 5.41) is 0.859. The molecule has 14 heavy (non-hydrogen) atoms. The Morgan fingerprint density at radius 3 is 2.79 bits per heavy atom. The SMILES string of the molecule is COc1ccc(N)c(SCC(C)C)n1. The molecular weight excluding hydrogens is 196 g/mol. The largest absolute Gasteiger partial charge is 0.481 e. The summed E-state index contributed by atoms with van der Waals surface area (Å²) in [7, 11) is 1.61. The fourth-order valence-corrected chi connectivity index (χ4v) is 1.79. The third kappa shape index (κ3) is 3.10. The van der Waals surface area contributed by atoms with Crippen molar-refractivity contribution >= 4 is 17.4 Å². The summed E-state index contributed by atoms with van der Waals surface area (Å²) in [4.78, 5) is 4.28. The fourth-order valence-electron chi connectivity index (χ4n) is 0.909. The predicted molar refractivity (Wildman–Crippen MR) is 60.8 cm³/mol. The molecule has 0 unspecified atom stereocenters. The first-order chi connectivity index (χ1) is 6.63. The average Bonchev–Trinajstić information content (AvgIpc) is 2.16. The molecule has 0 aromatic carbocycles. The summed E-state index contributed by atoms with van der Waals surface area (Å²) in [5.41, 5.74) is 6.51. The Labute approximate surface area is 89.1 Å². The highest BCUT2D eigenvalue weighted by Gasteiger charge is 2.05. The maximum Gasteiger partial charge on any atom is 0.214 e. The molecule has 0 aliphatic heterocycles. The van der Waals surface area contributed by atoms with Gasteiger partial charge in [0.1, 0.15) is 5.03 Å². The van der Waals surface area contributed by atoms with Gasteiger partial charge in [-0.25, -0.2) is 4.98 Å². The second kappa shape index (κ2) is 5.10. The van der Waals surface area contributed by atoms with Gasteiger partial charge in [-0.1, -0.05) is 13.8 Å². The number of thioether (sulfide) groups is 1. The summed E-state index contributed by atoms with van der Waals surface area (Å²) in [6.45, 7) is 4.34. The van der Waals surface area contributed by atoms with E-state index in [0.29, 0.717) is 11.8 Å². The van der Waals surface area contributed by atoms with Crippen molar-refractivity contribution in [1.82, 2.24) is 4.98 Å². The minimum absolute atomic E-state index is 0.616. The van der Waals surface area contributed by atoms with Gasteiger partial charge in [0, 0.05) is 11.8 Å². The van der Waals surface area contributed by atoms with Crippen LogP contribution in [0.2, 0.25) is 0 Å². The molecule has 1 aromatic heterocycles. The number of pyridine rings is 1. The Morgan fingerprint density at radius 1 is 1.50 bits per heavy atom. The van der Waals surface area contributed by atoms with E-state index >= 15 is 0 Å². The zero-order valence-electron chi connectivity index (χ0n) is 8.78. The summed E-state index contributed by atoms with van der Waals surface area (Å²) in [6, 6.07) is 3.60. The number of hydrogen-bond donors (Lipinski definition) is 1. The van der Waals surface area contributed by atoms with Gasteiger partial charge in [-0.15, -0.1) is 11.8 Å². The number of nitrogens with two attached hydrogens (primary N) is 1. The van der Waals surface area contributed by atoms with E-state index in [2.05, 4.69) is 18.8 Å². The van der Waals surface area contributed by atoms with E-state index in [1.807, 2.05) is 6.07 Å². The lowest BCUT2D eigenvalue weighted by atomic mass is 10.3. The number of nitrogens with zero attached hydrogens (tertiary/aromatic N) is 1. The second-order valence-electron chi connectivity index (χ2n) is 3.45. The highest BCUT2D eigenvalue weighted by molar-refractivity contribution is 7.99. The molecule has 78 valence electrons. The summed E-state index contributed by atoms with van der Waals surface area (Å²) in [5.74, 6) is 2.27. The van der Waals surface area contributed by atoms with Crippen LogP contribution in [-0.4, -0.2) is 17.8 Å². The van der Waals surface area contributed by atoms with Gasteiger partial charge >= 0.3 is 0 Å². The smallest absolute Gasteiger partial charge is 0.214 e. The van der Waals surface area contributed by atoms with Crippen LogP contribution < -0.4 is 10.5 Å². The Hall–Kier alpha value is -0.900. The molecule has 1 aromatic rings. The molecule has 0 fully saturated rings. The zero-order valence-corrected chi connectivity index (χ0v) is 9.60. The van der Waals surface area contributed by atoms with Crippen molar-refractivity contribution < 1.29 is 4.74 Å². The van der Waals surface area contributed by atoms with Gasteiger partial charge in [0.25, 0.3) is 0 Å². The van der Waals surface area contributed by atoms with Crippen LogP contribution in [0.5, 0.6) is 5.88 Å². The fraction of sp³-hybridized carbons (Fsp3) is 0.500. The quantitative estimate of drug-likeness (QED) is 0.779. The topological polar surface area (TPSA) is 48.1 Å². The molecule has 0 saturated carbocycles. The first-order valence-electron chi connectivity index (χ1n) is 4.56. The maximum absolute atomic E-state index is 5.79. The van der Waals surface area contributed by atoms with Crippen molar-refractivity contribution in [3.8, 4) is 5.88 Å². The third-order valence-electron chi connectivity index (χ3n) is 1.63. The lowest BCUT2D eigenvalue weighted by Gasteiger charge is -2.07. The molecule has 0 bridgehead atoms. The third-order valence-corrected chi connectivity index (χ3v) is 3.06. The van der Waals surface area contributed by atoms with Crippen LogP contribution in [-0.2, 0) is 0 Å². The number of hydrogen-bond acceptors (Lipinski definition) is 4. The van der Waals surface area contributed by atoms with Crippen LogP contribution in [0.15, 0.2) is 17.2 Å². The van der Waals surface area contributed by atoms with E-state index in [-0.39, 0.29) is 0 Å². The van der Waals surface area contributed by atoms with Crippen LogP contribution >= 0.6 is 11.8 Å². The number of anilines is 1. The Bertz CT molecular complexity index is 302. The van der Waals surface area contributed by atoms with Crippen molar-refractivity contribution in [2.24, 2.45) is 5.92 Å². The highest BCUT2D eigenvalue weighted by Crippen LogP contribution is 2.26. The molecule has 0 amide bonds. The van der Waals surface area contributed by atoms with E-state index in [9.17, 15) is 0 Å². The number of aromatic nitrogens is 1. The lowest BCUT2D eigenvalue weighted by Crippen LogP contribution is -1.97. The molecular formula is C10H16N2OS. The number of rotatable bonds is 4. The van der Waals surface area contributed by atoms with E-state index in [1.165, 1.54) is 0 Å². The molecule has 0 aliphatic rings. The normalized spacial score (nSPS) is 10.6. The first-order valence-corrected chi connectivity index (χ1v) is 5.55. The molecule has 0 radical (unpaired) electrons. The summed E-state index contributed by atoms with van der Waals surface area (Å²) >= 11 is 1.67. The molecule has 0 spiro atoms. The van der Waals surface area contributed by atoms with Gasteiger partial charge < -0.3 is 10.5 Å². The predicted octanol–water partition coefficient (Wildman–Crippen LogP) is 2.42. The molecule has 0 atom stereocenters. The van der Waals surface area contributed by atoms with E-state index in [4.69, 9.17) is 10.5 Å². The van der Waals surface area contributed by atoms with Gasteiger partial charge in [0.2, 0.25) is 5.88 Å². The van der Waals surface area contributed by atoms with Crippen molar-refractivity contribution in [2.45, 2.75) is 18.9 Å². The molecule has 3 nitrogen and oxygen atoms in total. The highest BCUT2D eigenvalue weighted by atomic mass is 32.2. The molecule has 4 heteroatoms. The zero-order chi connectivity index (χ0) is 10.6. The van der Waals surface area contributed by atoms with Crippen LogP contribution in [0.4, 0.5) is 5.69 Å². The second-order valence-corrected chi connectivity index (χ2v) is 4.46. The summed E-state index contributed by atoms with van der Waals surface area (Å²) < 4.78 is 5.04. The molecule has 1 heterocycles. The van der Waals surface area contributed by atoms with Gasteiger partial charge in [-0.05, 0) is 12.0 Å². The van der Waals surface area contributed by atoms with Crippen LogP contribution in [0, 0.1) is 5.92 Å². The van der Waals surface area contributed by atoms with Crippen molar-refractivity contribution in [2.75, 3.05) is 18.6 Å². The van der Waals surface area contributed by atoms with E-state index in [0.717, 1.165) is 16.5 Å². The van der Waals surface area contributed by atoms with E-state index in [1.54, 1.807) is 24.9 Å². The first kappa shape index (κ1) is 11.2. The monoisotopic (exact) mass is 212 g/mol. The Kier molecular flexibility index (Phi) is 4.07. The average molecular weight is 212 g/mol. The molecule has 2 N–H and O–H groups in total. The van der Waals surface area contributed by atoms with Gasteiger partial charge in [-0.3, -0.25) is 0 Å². The van der Waals surface area contributed by atoms with Gasteiger partial charge in [-0.2, -0.15) is 0 Å². The number of ether oxygens (including phenoxy) is 1. The van der Waals surface area contributed by atoms with Crippen LogP contribution in [0.1, 0.15) is 13.8 Å². The number of nitrogen functional groups attached to an aromatic ring is 1. The molecule has 0 aliphatic carbocycles. The van der Waals surface area contributed by atoms with Crippen molar-refractivity contribution in [3.63, 3.8) is 0 Å². The molecule has 1 rings (SSSR count). The maximum atomic E-state index is 5.79. The Balaban J connectivity index is 2.73. The summed E-state index contributed by atoms with van der Waals surface area (Å²) in [6.07, 6.45) is 0. The number of methoxy groups -OCH3 is 1. The van der Waals surface area contributed by atoms with Crippen LogP contribution in [0.25, 0.3) is 0 Å². The minimum Gasteiger partial charge on any atom is -0.481 e. The standard InChI is InChI=1S/C10H16N2OS/c1-7(2)6-14-10-8(11)4-5-9(12-10)13-3/h4-5,7H,6,11H2,1-3H3. The van der Waals surface area contributed by atoms with Gasteiger partial charge in [0.15, 0.2) is 0 Å². The van der Waals surface area contributed by atoms with Crippen molar-refractivity contribution in [3.05, 3.63) is 12.1 Å². The van der Waals surface area contributed by atoms with E-state index < -0.39 is 0 Å². The van der Waals surface area contributed by atoms with Crippen LogP contribution in [0.3, 0.4) is 0 Å². The minimum atomic E-state index is 0.616. The lowest BCUT2D eigenvalue weighted by molar-refractivity contribution is 0.395.